The quantitative estimate of drug-likeness (QED) is 0.684. The maximum absolute atomic E-state index is 11.7. The molecular weight excluding hydrogens is 192 g/mol. The monoisotopic (exact) mass is 216 g/mol. The third kappa shape index (κ3) is 5.14. The minimum atomic E-state index is -0.737. The molecule has 4 heteroatoms. The first kappa shape index (κ1) is 14.4. The molecule has 2 atom stereocenters. The molecule has 0 rings (SSSR count). The Bertz CT molecular complexity index is 205. The SMILES string of the molecule is CCN(C)C(=O)C(C)NCC(C)(O)CC. The van der Waals surface area contributed by atoms with Gasteiger partial charge in [-0.25, -0.2) is 0 Å². The molecule has 1 amide bonds. The van der Waals surface area contributed by atoms with Crippen molar-refractivity contribution in [2.45, 2.75) is 45.8 Å². The highest BCUT2D eigenvalue weighted by Crippen LogP contribution is 2.06. The van der Waals surface area contributed by atoms with Crippen LogP contribution in [-0.2, 0) is 4.79 Å². The van der Waals surface area contributed by atoms with Crippen LogP contribution in [0.25, 0.3) is 0 Å². The number of hydrogen-bond donors (Lipinski definition) is 2. The number of nitrogens with zero attached hydrogens (tertiary/aromatic N) is 1. The number of rotatable bonds is 6. The number of hydrogen-bond acceptors (Lipinski definition) is 3. The third-order valence-corrected chi connectivity index (χ3v) is 2.77. The van der Waals surface area contributed by atoms with Gasteiger partial charge in [-0.05, 0) is 27.2 Å². The maximum Gasteiger partial charge on any atom is 0.239 e. The Morgan fingerprint density at radius 1 is 1.53 bits per heavy atom. The van der Waals surface area contributed by atoms with Gasteiger partial charge in [0, 0.05) is 20.1 Å². The van der Waals surface area contributed by atoms with Gasteiger partial charge in [0.25, 0.3) is 0 Å². The Balaban J connectivity index is 4.04. The van der Waals surface area contributed by atoms with Crippen LogP contribution >= 0.6 is 0 Å². The molecule has 90 valence electrons. The molecule has 0 aliphatic carbocycles. The summed E-state index contributed by atoms with van der Waals surface area (Å²) in [4.78, 5) is 13.3. The molecule has 0 saturated carbocycles. The van der Waals surface area contributed by atoms with Crippen LogP contribution in [-0.4, -0.2) is 47.7 Å². The fraction of sp³-hybridized carbons (Fsp3) is 0.909. The lowest BCUT2D eigenvalue weighted by atomic mass is 10.0. The molecule has 2 N–H and O–H groups in total. The lowest BCUT2D eigenvalue weighted by Crippen LogP contribution is -2.48. The number of carbonyl (C=O) groups excluding carboxylic acids is 1. The lowest BCUT2D eigenvalue weighted by molar-refractivity contribution is -0.131. The van der Waals surface area contributed by atoms with E-state index in [-0.39, 0.29) is 11.9 Å². The Labute approximate surface area is 92.7 Å². The van der Waals surface area contributed by atoms with Crippen LogP contribution in [0.1, 0.15) is 34.1 Å². The van der Waals surface area contributed by atoms with Crippen molar-refractivity contribution in [3.63, 3.8) is 0 Å². The second kappa shape index (κ2) is 6.08. The highest BCUT2D eigenvalue weighted by molar-refractivity contribution is 5.81. The summed E-state index contributed by atoms with van der Waals surface area (Å²) in [5, 5.41) is 12.8. The molecule has 0 heterocycles. The molecule has 0 aromatic carbocycles. The fourth-order valence-corrected chi connectivity index (χ4v) is 1.07. The van der Waals surface area contributed by atoms with Crippen LogP contribution in [0.4, 0.5) is 0 Å². The average Bonchev–Trinajstić information content (AvgIpc) is 2.23. The molecule has 0 spiro atoms. The first-order chi connectivity index (χ1) is 6.84. The summed E-state index contributed by atoms with van der Waals surface area (Å²) in [7, 11) is 1.78. The average molecular weight is 216 g/mol. The van der Waals surface area contributed by atoms with Gasteiger partial charge in [-0.1, -0.05) is 6.92 Å². The van der Waals surface area contributed by atoms with Crippen molar-refractivity contribution in [2.75, 3.05) is 20.1 Å². The van der Waals surface area contributed by atoms with Crippen LogP contribution in [0, 0.1) is 0 Å². The van der Waals surface area contributed by atoms with E-state index in [0.29, 0.717) is 19.5 Å². The Kier molecular flexibility index (Phi) is 5.83. The van der Waals surface area contributed by atoms with Gasteiger partial charge in [0.2, 0.25) is 5.91 Å². The largest absolute Gasteiger partial charge is 0.389 e. The zero-order valence-corrected chi connectivity index (χ0v) is 10.5. The minimum Gasteiger partial charge on any atom is -0.389 e. The van der Waals surface area contributed by atoms with Crippen LogP contribution < -0.4 is 5.32 Å². The van der Waals surface area contributed by atoms with Crippen molar-refractivity contribution in [3.8, 4) is 0 Å². The van der Waals surface area contributed by atoms with E-state index in [4.69, 9.17) is 0 Å². The molecule has 0 bridgehead atoms. The zero-order chi connectivity index (χ0) is 12.1. The maximum atomic E-state index is 11.7. The van der Waals surface area contributed by atoms with E-state index in [1.807, 2.05) is 20.8 Å². The second-order valence-electron chi connectivity index (χ2n) is 4.31. The highest BCUT2D eigenvalue weighted by atomic mass is 16.3. The van der Waals surface area contributed by atoms with Gasteiger partial charge in [0.1, 0.15) is 0 Å². The van der Waals surface area contributed by atoms with Crippen LogP contribution in [0.2, 0.25) is 0 Å². The van der Waals surface area contributed by atoms with Crippen LogP contribution in [0.15, 0.2) is 0 Å². The standard InChI is InChI=1S/C11H24N2O2/c1-6-11(4,15)8-12-9(3)10(14)13(5)7-2/h9,12,15H,6-8H2,1-5H3. The van der Waals surface area contributed by atoms with Crippen LogP contribution in [0.5, 0.6) is 0 Å². The van der Waals surface area contributed by atoms with Crippen molar-refractivity contribution < 1.29 is 9.90 Å². The summed E-state index contributed by atoms with van der Waals surface area (Å²) in [6, 6.07) is -0.243. The van der Waals surface area contributed by atoms with E-state index in [1.54, 1.807) is 18.9 Å². The van der Waals surface area contributed by atoms with Gasteiger partial charge in [-0.15, -0.1) is 0 Å². The van der Waals surface area contributed by atoms with Crippen molar-refractivity contribution in [3.05, 3.63) is 0 Å². The molecule has 0 aliphatic rings. The number of carbonyl (C=O) groups is 1. The second-order valence-corrected chi connectivity index (χ2v) is 4.31. The van der Waals surface area contributed by atoms with E-state index < -0.39 is 5.60 Å². The third-order valence-electron chi connectivity index (χ3n) is 2.77. The zero-order valence-electron chi connectivity index (χ0n) is 10.5. The molecule has 0 aromatic rings. The molecule has 0 radical (unpaired) electrons. The van der Waals surface area contributed by atoms with Crippen molar-refractivity contribution in [2.24, 2.45) is 0 Å². The first-order valence-electron chi connectivity index (χ1n) is 5.54. The summed E-state index contributed by atoms with van der Waals surface area (Å²) < 4.78 is 0. The molecule has 0 aromatic heterocycles. The van der Waals surface area contributed by atoms with Crippen molar-refractivity contribution in [1.29, 1.82) is 0 Å². The van der Waals surface area contributed by atoms with Gasteiger partial charge in [-0.3, -0.25) is 4.79 Å². The molecule has 0 saturated heterocycles. The first-order valence-corrected chi connectivity index (χ1v) is 5.54. The summed E-state index contributed by atoms with van der Waals surface area (Å²) in [5.74, 6) is 0.0596. The summed E-state index contributed by atoms with van der Waals surface area (Å²) in [6.07, 6.45) is 0.671. The molecule has 0 aliphatic heterocycles. The van der Waals surface area contributed by atoms with Crippen LogP contribution in [0.3, 0.4) is 0 Å². The van der Waals surface area contributed by atoms with E-state index in [0.717, 1.165) is 0 Å². The van der Waals surface area contributed by atoms with E-state index in [1.165, 1.54) is 0 Å². The smallest absolute Gasteiger partial charge is 0.239 e. The number of aliphatic hydroxyl groups is 1. The fourth-order valence-electron chi connectivity index (χ4n) is 1.07. The molecule has 0 fully saturated rings. The number of amides is 1. The summed E-state index contributed by atoms with van der Waals surface area (Å²) >= 11 is 0. The Morgan fingerprint density at radius 2 is 2.07 bits per heavy atom. The predicted octanol–water partition coefficient (Wildman–Crippen LogP) is 0.604. The topological polar surface area (TPSA) is 52.6 Å². The molecule has 2 unspecified atom stereocenters. The highest BCUT2D eigenvalue weighted by Gasteiger charge is 2.21. The van der Waals surface area contributed by atoms with Gasteiger partial charge in [-0.2, -0.15) is 0 Å². The minimum absolute atomic E-state index is 0.0596. The predicted molar refractivity (Wildman–Crippen MR) is 61.7 cm³/mol. The number of likely N-dealkylation sites (N-methyl/N-ethyl adjacent to an activating group) is 1. The van der Waals surface area contributed by atoms with Gasteiger partial charge >= 0.3 is 0 Å². The summed E-state index contributed by atoms with van der Waals surface area (Å²) in [6.45, 7) is 8.59. The molecule has 15 heavy (non-hydrogen) atoms. The molecular formula is C11H24N2O2. The molecule has 4 nitrogen and oxygen atoms in total. The van der Waals surface area contributed by atoms with E-state index in [2.05, 4.69) is 5.32 Å². The van der Waals surface area contributed by atoms with Gasteiger partial charge in [0.15, 0.2) is 0 Å². The Morgan fingerprint density at radius 3 is 2.47 bits per heavy atom. The van der Waals surface area contributed by atoms with Crippen molar-refractivity contribution in [1.82, 2.24) is 10.2 Å². The van der Waals surface area contributed by atoms with Gasteiger partial charge in [0.05, 0.1) is 11.6 Å². The van der Waals surface area contributed by atoms with E-state index in [9.17, 15) is 9.90 Å². The summed E-state index contributed by atoms with van der Waals surface area (Å²) in [5.41, 5.74) is -0.737. The number of nitrogens with one attached hydrogen (secondary N) is 1. The normalized spacial score (nSPS) is 16.9. The van der Waals surface area contributed by atoms with Gasteiger partial charge < -0.3 is 15.3 Å². The Hall–Kier alpha value is -0.610. The van der Waals surface area contributed by atoms with E-state index >= 15 is 0 Å². The lowest BCUT2D eigenvalue weighted by Gasteiger charge is -2.26. The van der Waals surface area contributed by atoms with Crippen molar-refractivity contribution >= 4 is 5.91 Å².